The SMILES string of the molecule is CCOC(OCC)C(NC)c1ccc(C(C)(C)C)cc1. The van der Waals surface area contributed by atoms with Crippen molar-refractivity contribution in [2.24, 2.45) is 0 Å². The Kier molecular flexibility index (Phi) is 6.66. The molecule has 0 aliphatic heterocycles. The van der Waals surface area contributed by atoms with Crippen molar-refractivity contribution >= 4 is 0 Å². The summed E-state index contributed by atoms with van der Waals surface area (Å²) in [5, 5.41) is 3.30. The predicted octanol–water partition coefficient (Wildman–Crippen LogP) is 3.64. The number of rotatable bonds is 7. The van der Waals surface area contributed by atoms with Gasteiger partial charge in [0.1, 0.15) is 0 Å². The summed E-state index contributed by atoms with van der Waals surface area (Å²) in [6.45, 7) is 11.9. The van der Waals surface area contributed by atoms with Crippen molar-refractivity contribution in [3.8, 4) is 0 Å². The summed E-state index contributed by atoms with van der Waals surface area (Å²) >= 11 is 0. The number of hydrogen-bond donors (Lipinski definition) is 1. The van der Waals surface area contributed by atoms with Gasteiger partial charge in [-0.2, -0.15) is 0 Å². The summed E-state index contributed by atoms with van der Waals surface area (Å²) in [6.07, 6.45) is -0.254. The van der Waals surface area contributed by atoms with Crippen LogP contribution in [0.5, 0.6) is 0 Å². The molecule has 0 aliphatic rings. The third kappa shape index (κ3) is 4.58. The highest BCUT2D eigenvalue weighted by Gasteiger charge is 2.23. The molecule has 0 fully saturated rings. The van der Waals surface area contributed by atoms with Gasteiger partial charge in [0.25, 0.3) is 0 Å². The molecule has 1 aromatic carbocycles. The lowest BCUT2D eigenvalue weighted by Gasteiger charge is -2.27. The summed E-state index contributed by atoms with van der Waals surface area (Å²) in [7, 11) is 1.94. The monoisotopic (exact) mass is 279 g/mol. The van der Waals surface area contributed by atoms with E-state index >= 15 is 0 Å². The Morgan fingerprint density at radius 1 is 1.00 bits per heavy atom. The van der Waals surface area contributed by atoms with E-state index in [-0.39, 0.29) is 17.7 Å². The molecule has 0 saturated carbocycles. The maximum absolute atomic E-state index is 5.70. The van der Waals surface area contributed by atoms with Crippen molar-refractivity contribution in [3.05, 3.63) is 35.4 Å². The molecule has 20 heavy (non-hydrogen) atoms. The van der Waals surface area contributed by atoms with Crippen LogP contribution < -0.4 is 5.32 Å². The molecule has 1 N–H and O–H groups in total. The van der Waals surface area contributed by atoms with E-state index in [0.717, 1.165) is 0 Å². The molecule has 1 atom stereocenters. The normalized spacial score (nSPS) is 13.8. The van der Waals surface area contributed by atoms with Gasteiger partial charge in [0, 0.05) is 13.2 Å². The average Bonchev–Trinajstić information content (AvgIpc) is 2.39. The predicted molar refractivity (Wildman–Crippen MR) is 84.0 cm³/mol. The molecule has 3 nitrogen and oxygen atoms in total. The number of nitrogens with one attached hydrogen (secondary N) is 1. The fourth-order valence-corrected chi connectivity index (χ4v) is 2.22. The minimum absolute atomic E-state index is 0.0453. The number of ether oxygens (including phenoxy) is 2. The fraction of sp³-hybridized carbons (Fsp3) is 0.647. The van der Waals surface area contributed by atoms with Crippen LogP contribution in [-0.2, 0) is 14.9 Å². The van der Waals surface area contributed by atoms with Gasteiger partial charge in [-0.15, -0.1) is 0 Å². The highest BCUT2D eigenvalue weighted by molar-refractivity contribution is 5.29. The van der Waals surface area contributed by atoms with Crippen LogP contribution in [0.3, 0.4) is 0 Å². The third-order valence-corrected chi connectivity index (χ3v) is 3.38. The molecule has 0 aliphatic carbocycles. The van der Waals surface area contributed by atoms with Crippen LogP contribution in [0.2, 0.25) is 0 Å². The molecule has 0 radical (unpaired) electrons. The second-order valence-corrected chi connectivity index (χ2v) is 5.92. The maximum Gasteiger partial charge on any atom is 0.176 e. The second kappa shape index (κ2) is 7.77. The lowest BCUT2D eigenvalue weighted by atomic mass is 9.86. The summed E-state index contributed by atoms with van der Waals surface area (Å²) in [5.74, 6) is 0. The molecule has 1 unspecified atom stereocenters. The van der Waals surface area contributed by atoms with Gasteiger partial charge in [-0.1, -0.05) is 45.0 Å². The van der Waals surface area contributed by atoms with Crippen molar-refractivity contribution < 1.29 is 9.47 Å². The molecular weight excluding hydrogens is 250 g/mol. The Morgan fingerprint density at radius 3 is 1.85 bits per heavy atom. The average molecular weight is 279 g/mol. The molecule has 0 saturated heterocycles. The molecular formula is C17H29NO2. The highest BCUT2D eigenvalue weighted by Crippen LogP contribution is 2.26. The van der Waals surface area contributed by atoms with Crippen LogP contribution in [0, 0.1) is 0 Å². The van der Waals surface area contributed by atoms with Gasteiger partial charge >= 0.3 is 0 Å². The quantitative estimate of drug-likeness (QED) is 0.773. The van der Waals surface area contributed by atoms with E-state index < -0.39 is 0 Å². The molecule has 114 valence electrons. The number of hydrogen-bond acceptors (Lipinski definition) is 3. The zero-order chi connectivity index (χ0) is 15.2. The maximum atomic E-state index is 5.70. The zero-order valence-electron chi connectivity index (χ0n) is 13.7. The van der Waals surface area contributed by atoms with Gasteiger partial charge in [-0.3, -0.25) is 0 Å². The van der Waals surface area contributed by atoms with Crippen LogP contribution >= 0.6 is 0 Å². The Balaban J connectivity index is 2.93. The Morgan fingerprint density at radius 2 is 1.50 bits per heavy atom. The van der Waals surface area contributed by atoms with Crippen LogP contribution in [0.1, 0.15) is 51.8 Å². The second-order valence-electron chi connectivity index (χ2n) is 5.92. The first-order chi connectivity index (χ1) is 9.43. The Hall–Kier alpha value is -0.900. The van der Waals surface area contributed by atoms with Gasteiger partial charge in [-0.05, 0) is 37.4 Å². The molecule has 1 rings (SSSR count). The van der Waals surface area contributed by atoms with Crippen LogP contribution in [0.25, 0.3) is 0 Å². The Labute approximate surface area is 123 Å². The summed E-state index contributed by atoms with van der Waals surface area (Å²) in [6, 6.07) is 8.74. The lowest BCUT2D eigenvalue weighted by molar-refractivity contribution is -0.154. The van der Waals surface area contributed by atoms with E-state index in [1.807, 2.05) is 20.9 Å². The molecule has 0 heterocycles. The minimum Gasteiger partial charge on any atom is -0.351 e. The standard InChI is InChI=1S/C17H29NO2/c1-7-19-16(20-8-2)15(18-6)13-9-11-14(12-10-13)17(3,4)5/h9-12,15-16,18H,7-8H2,1-6H3. The van der Waals surface area contributed by atoms with E-state index in [1.165, 1.54) is 11.1 Å². The molecule has 0 spiro atoms. The minimum atomic E-state index is -0.254. The van der Waals surface area contributed by atoms with Crippen molar-refractivity contribution in [3.63, 3.8) is 0 Å². The first kappa shape index (κ1) is 17.2. The molecule has 0 bridgehead atoms. The molecule has 0 aromatic heterocycles. The van der Waals surface area contributed by atoms with E-state index in [4.69, 9.17) is 9.47 Å². The first-order valence-electron chi connectivity index (χ1n) is 7.45. The van der Waals surface area contributed by atoms with Gasteiger partial charge in [0.2, 0.25) is 0 Å². The van der Waals surface area contributed by atoms with E-state index in [0.29, 0.717) is 13.2 Å². The molecule has 3 heteroatoms. The van der Waals surface area contributed by atoms with Crippen molar-refractivity contribution in [2.75, 3.05) is 20.3 Å². The number of likely N-dealkylation sites (N-methyl/N-ethyl adjacent to an activating group) is 1. The van der Waals surface area contributed by atoms with Gasteiger partial charge in [0.05, 0.1) is 6.04 Å². The largest absolute Gasteiger partial charge is 0.351 e. The summed E-state index contributed by atoms with van der Waals surface area (Å²) < 4.78 is 11.4. The van der Waals surface area contributed by atoms with Crippen molar-refractivity contribution in [1.29, 1.82) is 0 Å². The van der Waals surface area contributed by atoms with Gasteiger partial charge in [-0.25, -0.2) is 0 Å². The van der Waals surface area contributed by atoms with Crippen molar-refractivity contribution in [1.82, 2.24) is 5.32 Å². The van der Waals surface area contributed by atoms with Gasteiger partial charge < -0.3 is 14.8 Å². The smallest absolute Gasteiger partial charge is 0.176 e. The molecule has 1 aromatic rings. The highest BCUT2D eigenvalue weighted by atomic mass is 16.7. The van der Waals surface area contributed by atoms with Crippen LogP contribution in [0.15, 0.2) is 24.3 Å². The Bertz CT molecular complexity index is 375. The van der Waals surface area contributed by atoms with E-state index in [2.05, 4.69) is 50.4 Å². The lowest BCUT2D eigenvalue weighted by Crippen LogP contribution is -2.34. The summed E-state index contributed by atoms with van der Waals surface area (Å²) in [4.78, 5) is 0. The number of benzene rings is 1. The first-order valence-corrected chi connectivity index (χ1v) is 7.45. The molecule has 0 amide bonds. The summed E-state index contributed by atoms with van der Waals surface area (Å²) in [5.41, 5.74) is 2.69. The van der Waals surface area contributed by atoms with Crippen LogP contribution in [0.4, 0.5) is 0 Å². The van der Waals surface area contributed by atoms with Gasteiger partial charge in [0.15, 0.2) is 6.29 Å². The topological polar surface area (TPSA) is 30.5 Å². The van der Waals surface area contributed by atoms with Crippen LogP contribution in [-0.4, -0.2) is 26.6 Å². The fourth-order valence-electron chi connectivity index (χ4n) is 2.22. The van der Waals surface area contributed by atoms with Crippen molar-refractivity contribution in [2.45, 2.75) is 52.4 Å². The third-order valence-electron chi connectivity index (χ3n) is 3.38. The van der Waals surface area contributed by atoms with E-state index in [9.17, 15) is 0 Å². The van der Waals surface area contributed by atoms with E-state index in [1.54, 1.807) is 0 Å². The zero-order valence-corrected chi connectivity index (χ0v) is 13.7.